The molecular weight excluding hydrogens is 420 g/mol. The number of aryl methyl sites for hydroxylation is 1. The summed E-state index contributed by atoms with van der Waals surface area (Å²) in [5.74, 6) is 1.62. The minimum Gasteiger partial charge on any atom is -0.478 e. The Balaban J connectivity index is 1.63. The van der Waals surface area contributed by atoms with Crippen molar-refractivity contribution in [3.05, 3.63) is 59.1 Å². The van der Waals surface area contributed by atoms with Crippen molar-refractivity contribution in [2.24, 2.45) is 11.8 Å². The van der Waals surface area contributed by atoms with Gasteiger partial charge >= 0.3 is 0 Å². The lowest BCUT2D eigenvalue weighted by Crippen LogP contribution is -2.54. The number of anilines is 1. The van der Waals surface area contributed by atoms with Gasteiger partial charge in [-0.15, -0.1) is 0 Å². The van der Waals surface area contributed by atoms with E-state index in [1.54, 1.807) is 0 Å². The minimum absolute atomic E-state index is 0.0444. The second-order valence-electron chi connectivity index (χ2n) is 9.54. The number of amides is 1. The van der Waals surface area contributed by atoms with Crippen LogP contribution in [0.1, 0.15) is 25.8 Å². The van der Waals surface area contributed by atoms with Gasteiger partial charge in [0.2, 0.25) is 0 Å². The van der Waals surface area contributed by atoms with Gasteiger partial charge in [0, 0.05) is 31.1 Å². The highest BCUT2D eigenvalue weighted by Crippen LogP contribution is 2.44. The van der Waals surface area contributed by atoms with E-state index in [2.05, 4.69) is 62.5 Å². The smallest absolute Gasteiger partial charge is 0.268 e. The van der Waals surface area contributed by atoms with E-state index < -0.39 is 6.10 Å². The van der Waals surface area contributed by atoms with Gasteiger partial charge in [-0.2, -0.15) is 0 Å². The van der Waals surface area contributed by atoms with Crippen molar-refractivity contribution < 1.29 is 9.53 Å². The Bertz CT molecular complexity index is 1190. The predicted molar refractivity (Wildman–Crippen MR) is 132 cm³/mol. The molecule has 1 amide bonds. The van der Waals surface area contributed by atoms with Crippen LogP contribution in [-0.4, -0.2) is 31.6 Å². The van der Waals surface area contributed by atoms with E-state index in [4.69, 9.17) is 16.3 Å². The van der Waals surface area contributed by atoms with Crippen LogP contribution in [0.15, 0.2) is 48.5 Å². The zero-order valence-electron chi connectivity index (χ0n) is 18.8. The van der Waals surface area contributed by atoms with Crippen molar-refractivity contribution in [1.82, 2.24) is 5.32 Å². The van der Waals surface area contributed by atoms with E-state index >= 15 is 0 Å². The molecule has 0 aliphatic carbocycles. The molecule has 0 radical (unpaired) electrons. The number of nitrogens with zero attached hydrogens (tertiary/aromatic N) is 1. The number of hydrogen-bond donors (Lipinski definition) is 1. The van der Waals surface area contributed by atoms with E-state index in [0.29, 0.717) is 29.8 Å². The third kappa shape index (κ3) is 3.87. The van der Waals surface area contributed by atoms with E-state index in [9.17, 15) is 4.79 Å². The van der Waals surface area contributed by atoms with Gasteiger partial charge in [0.15, 0.2) is 6.10 Å². The molecule has 1 saturated heterocycles. The summed E-state index contributed by atoms with van der Waals surface area (Å²) in [4.78, 5) is 15.2. The molecule has 0 aromatic heterocycles. The van der Waals surface area contributed by atoms with Gasteiger partial charge in [-0.1, -0.05) is 61.8 Å². The second-order valence-corrected chi connectivity index (χ2v) is 9.95. The first-order valence-corrected chi connectivity index (χ1v) is 11.8. The number of nitrogens with one attached hydrogen (secondary N) is 1. The molecule has 5 heteroatoms. The molecule has 2 aliphatic heterocycles. The average Bonchev–Trinajstić information content (AvgIpc) is 2.72. The molecular formula is C27H29ClN2O2. The molecule has 5 rings (SSSR count). The van der Waals surface area contributed by atoms with Gasteiger partial charge in [-0.3, -0.25) is 4.79 Å². The maximum absolute atomic E-state index is 13.3. The number of rotatable bonds is 5. The molecule has 166 valence electrons. The van der Waals surface area contributed by atoms with Crippen LogP contribution >= 0.6 is 11.6 Å². The Morgan fingerprint density at radius 1 is 1.12 bits per heavy atom. The molecule has 1 fully saturated rings. The summed E-state index contributed by atoms with van der Waals surface area (Å²) in [6.07, 6.45) is 0.238. The quantitative estimate of drug-likeness (QED) is 0.534. The summed E-state index contributed by atoms with van der Waals surface area (Å²) in [5.41, 5.74) is 3.99. The molecule has 1 atom stereocenters. The van der Waals surface area contributed by atoms with E-state index in [-0.39, 0.29) is 5.91 Å². The Morgan fingerprint density at radius 2 is 1.91 bits per heavy atom. The SMILES string of the molecule is Cc1cc(-c2cc3c(cc2Cl)N(CC2CNC2)C(=O)C(CC(C)C)O3)c2ccccc2c1. The van der Waals surface area contributed by atoms with Gasteiger partial charge in [-0.05, 0) is 53.3 Å². The Morgan fingerprint density at radius 3 is 2.62 bits per heavy atom. The summed E-state index contributed by atoms with van der Waals surface area (Å²) >= 11 is 6.86. The first kappa shape index (κ1) is 21.3. The number of hydrogen-bond acceptors (Lipinski definition) is 3. The fourth-order valence-corrected chi connectivity index (χ4v) is 5.00. The minimum atomic E-state index is -0.459. The summed E-state index contributed by atoms with van der Waals surface area (Å²) in [5, 5.41) is 6.28. The number of fused-ring (bicyclic) bond motifs is 2. The van der Waals surface area contributed by atoms with Gasteiger partial charge in [0.25, 0.3) is 5.91 Å². The summed E-state index contributed by atoms with van der Waals surface area (Å²) in [7, 11) is 0. The van der Waals surface area contributed by atoms with Crippen molar-refractivity contribution in [3.63, 3.8) is 0 Å². The Labute approximate surface area is 194 Å². The Hall–Kier alpha value is -2.56. The number of carbonyl (C=O) groups excluding carboxylic acids is 1. The second kappa shape index (κ2) is 8.42. The van der Waals surface area contributed by atoms with Crippen LogP contribution < -0.4 is 15.0 Å². The third-order valence-corrected chi connectivity index (χ3v) is 6.75. The monoisotopic (exact) mass is 448 g/mol. The van der Waals surface area contributed by atoms with Crippen molar-refractivity contribution in [3.8, 4) is 16.9 Å². The topological polar surface area (TPSA) is 41.6 Å². The van der Waals surface area contributed by atoms with Crippen LogP contribution in [-0.2, 0) is 4.79 Å². The molecule has 0 bridgehead atoms. The standard InChI is InChI=1S/C27H29ClN2O2/c1-16(2)8-26-27(31)30(15-18-13-29-14-18)24-12-23(28)22(11-25(24)32-26)21-10-17(3)9-19-6-4-5-7-20(19)21/h4-7,9-12,16,18,26,29H,8,13-15H2,1-3H3. The maximum Gasteiger partial charge on any atom is 0.268 e. The molecule has 3 aromatic rings. The molecule has 3 aromatic carbocycles. The summed E-state index contributed by atoms with van der Waals surface area (Å²) in [6.45, 7) is 8.92. The normalized spacial score (nSPS) is 18.6. The molecule has 32 heavy (non-hydrogen) atoms. The fourth-order valence-electron chi connectivity index (χ4n) is 4.74. The largest absolute Gasteiger partial charge is 0.478 e. The lowest BCUT2D eigenvalue weighted by molar-refractivity contribution is -0.127. The van der Waals surface area contributed by atoms with Crippen LogP contribution in [0.25, 0.3) is 21.9 Å². The highest BCUT2D eigenvalue weighted by molar-refractivity contribution is 6.34. The van der Waals surface area contributed by atoms with Crippen molar-refractivity contribution >= 4 is 34.0 Å². The van der Waals surface area contributed by atoms with Crippen LogP contribution in [0.4, 0.5) is 5.69 Å². The van der Waals surface area contributed by atoms with Crippen molar-refractivity contribution in [2.45, 2.75) is 33.3 Å². The number of halogens is 1. The van der Waals surface area contributed by atoms with Crippen LogP contribution in [0.2, 0.25) is 5.02 Å². The van der Waals surface area contributed by atoms with Gasteiger partial charge in [0.1, 0.15) is 5.75 Å². The lowest BCUT2D eigenvalue weighted by Gasteiger charge is -2.39. The first-order valence-electron chi connectivity index (χ1n) is 11.4. The Kier molecular flexibility index (Phi) is 5.60. The van der Waals surface area contributed by atoms with Crippen molar-refractivity contribution in [2.75, 3.05) is 24.5 Å². The fraction of sp³-hybridized carbons (Fsp3) is 0.370. The van der Waals surface area contributed by atoms with Gasteiger partial charge < -0.3 is 15.0 Å². The zero-order chi connectivity index (χ0) is 22.4. The van der Waals surface area contributed by atoms with E-state index in [1.165, 1.54) is 10.9 Å². The van der Waals surface area contributed by atoms with Crippen LogP contribution in [0.5, 0.6) is 5.75 Å². The van der Waals surface area contributed by atoms with Crippen molar-refractivity contribution in [1.29, 1.82) is 0 Å². The van der Waals surface area contributed by atoms with Gasteiger partial charge in [-0.25, -0.2) is 0 Å². The molecule has 1 N–H and O–H groups in total. The first-order chi connectivity index (χ1) is 15.4. The molecule has 2 aliphatic rings. The number of carbonyl (C=O) groups is 1. The maximum atomic E-state index is 13.3. The molecule has 2 heterocycles. The van der Waals surface area contributed by atoms with E-state index in [0.717, 1.165) is 41.0 Å². The van der Waals surface area contributed by atoms with Gasteiger partial charge in [0.05, 0.1) is 10.7 Å². The van der Waals surface area contributed by atoms with Crippen LogP contribution in [0, 0.1) is 18.8 Å². The third-order valence-electron chi connectivity index (χ3n) is 6.44. The zero-order valence-corrected chi connectivity index (χ0v) is 19.6. The molecule has 1 unspecified atom stereocenters. The van der Waals surface area contributed by atoms with E-state index in [1.807, 2.05) is 17.0 Å². The molecule has 4 nitrogen and oxygen atoms in total. The van der Waals surface area contributed by atoms with Crippen LogP contribution in [0.3, 0.4) is 0 Å². The highest BCUT2D eigenvalue weighted by Gasteiger charge is 2.37. The number of ether oxygens (including phenoxy) is 1. The molecule has 0 saturated carbocycles. The summed E-state index contributed by atoms with van der Waals surface area (Å²) < 4.78 is 6.31. The lowest BCUT2D eigenvalue weighted by atomic mass is 9.94. The molecule has 0 spiro atoms. The predicted octanol–water partition coefficient (Wildman–Crippen LogP) is 5.83. The number of benzene rings is 3. The highest BCUT2D eigenvalue weighted by atomic mass is 35.5. The summed E-state index contributed by atoms with van der Waals surface area (Å²) in [6, 6.07) is 16.7. The average molecular weight is 449 g/mol.